The van der Waals surface area contributed by atoms with E-state index in [1.807, 2.05) is 18.2 Å². The van der Waals surface area contributed by atoms with Gasteiger partial charge in [0.15, 0.2) is 0 Å². The lowest BCUT2D eigenvalue weighted by Crippen LogP contribution is -1.92. The average Bonchev–Trinajstić information content (AvgIpc) is 2.15. The topological polar surface area (TPSA) is 23.8 Å². The molecular formula is C11H12ClN. The van der Waals surface area contributed by atoms with Crippen molar-refractivity contribution in [3.63, 3.8) is 0 Å². The Morgan fingerprint density at radius 1 is 1.38 bits per heavy atom. The molecule has 1 rings (SSSR count). The number of nitrogens with zero attached hydrogens (tertiary/aromatic N) is 1. The number of aryl methyl sites for hydroxylation is 2. The fourth-order valence-corrected chi connectivity index (χ4v) is 1.56. The molecule has 0 aliphatic rings. The van der Waals surface area contributed by atoms with Gasteiger partial charge in [0.05, 0.1) is 6.07 Å². The molecule has 1 nitrogen and oxygen atoms in total. The van der Waals surface area contributed by atoms with Gasteiger partial charge in [0.2, 0.25) is 0 Å². The minimum Gasteiger partial charge on any atom is -0.198 e. The summed E-state index contributed by atoms with van der Waals surface area (Å²) >= 11 is 5.87. The largest absolute Gasteiger partial charge is 0.198 e. The van der Waals surface area contributed by atoms with Crippen LogP contribution in [0.2, 0.25) is 5.02 Å². The van der Waals surface area contributed by atoms with E-state index < -0.39 is 0 Å². The highest BCUT2D eigenvalue weighted by Crippen LogP contribution is 2.17. The molecule has 68 valence electrons. The third-order valence-electron chi connectivity index (χ3n) is 2.06. The Balaban J connectivity index is 2.89. The lowest BCUT2D eigenvalue weighted by Gasteiger charge is -2.05. The maximum absolute atomic E-state index is 8.48. The summed E-state index contributed by atoms with van der Waals surface area (Å²) in [4.78, 5) is 0. The van der Waals surface area contributed by atoms with Crippen LogP contribution < -0.4 is 0 Å². The molecule has 0 aromatic heterocycles. The van der Waals surface area contributed by atoms with Crippen molar-refractivity contribution < 1.29 is 0 Å². The predicted molar refractivity (Wildman–Crippen MR) is 54.8 cm³/mol. The molecular weight excluding hydrogens is 182 g/mol. The molecule has 0 radical (unpaired) electrons. The van der Waals surface area contributed by atoms with Gasteiger partial charge < -0.3 is 0 Å². The van der Waals surface area contributed by atoms with E-state index in [1.54, 1.807) is 0 Å². The van der Waals surface area contributed by atoms with Gasteiger partial charge in [-0.25, -0.2) is 0 Å². The number of hydrogen-bond acceptors (Lipinski definition) is 1. The fourth-order valence-electron chi connectivity index (χ4n) is 1.36. The van der Waals surface area contributed by atoms with Crippen LogP contribution in [0.25, 0.3) is 0 Å². The summed E-state index contributed by atoms with van der Waals surface area (Å²) in [5, 5.41) is 9.23. The number of hydrogen-bond donors (Lipinski definition) is 0. The second kappa shape index (κ2) is 4.89. The second-order valence-corrected chi connectivity index (χ2v) is 3.36. The van der Waals surface area contributed by atoms with Gasteiger partial charge in [-0.1, -0.05) is 24.6 Å². The lowest BCUT2D eigenvalue weighted by atomic mass is 10.0. The Morgan fingerprint density at radius 3 is 2.77 bits per heavy atom. The molecule has 0 amide bonds. The molecule has 0 fully saturated rings. The van der Waals surface area contributed by atoms with Crippen LogP contribution in [0.3, 0.4) is 0 Å². The van der Waals surface area contributed by atoms with E-state index in [2.05, 4.69) is 13.0 Å². The molecule has 0 aliphatic heterocycles. The SMILES string of the molecule is CCc1ccc(Cl)cc1CCC#N. The van der Waals surface area contributed by atoms with Crippen LogP contribution in [-0.2, 0) is 12.8 Å². The van der Waals surface area contributed by atoms with Crippen molar-refractivity contribution in [2.24, 2.45) is 0 Å². The van der Waals surface area contributed by atoms with Crippen molar-refractivity contribution >= 4 is 11.6 Å². The van der Waals surface area contributed by atoms with Gasteiger partial charge in [0, 0.05) is 11.4 Å². The Hall–Kier alpha value is -1.00. The monoisotopic (exact) mass is 193 g/mol. The average molecular weight is 194 g/mol. The standard InChI is InChI=1S/C11H12ClN/c1-2-9-5-6-11(12)8-10(9)4-3-7-13/h5-6,8H,2-4H2,1H3. The van der Waals surface area contributed by atoms with E-state index in [-0.39, 0.29) is 0 Å². The van der Waals surface area contributed by atoms with Gasteiger partial charge in [-0.15, -0.1) is 0 Å². The molecule has 1 aromatic carbocycles. The molecule has 0 saturated carbocycles. The number of rotatable bonds is 3. The van der Waals surface area contributed by atoms with Crippen LogP contribution >= 0.6 is 11.6 Å². The summed E-state index contributed by atoms with van der Waals surface area (Å²) in [6.07, 6.45) is 2.37. The molecule has 0 atom stereocenters. The first-order valence-electron chi connectivity index (χ1n) is 4.42. The summed E-state index contributed by atoms with van der Waals surface area (Å²) < 4.78 is 0. The minimum atomic E-state index is 0.563. The Labute approximate surface area is 84.0 Å². The molecule has 0 spiro atoms. The van der Waals surface area contributed by atoms with Crippen LogP contribution in [-0.4, -0.2) is 0 Å². The van der Waals surface area contributed by atoms with Crippen molar-refractivity contribution in [2.45, 2.75) is 26.2 Å². The molecule has 13 heavy (non-hydrogen) atoms. The van der Waals surface area contributed by atoms with Gasteiger partial charge in [0.1, 0.15) is 0 Å². The smallest absolute Gasteiger partial charge is 0.0625 e. The van der Waals surface area contributed by atoms with Gasteiger partial charge in [0.25, 0.3) is 0 Å². The molecule has 0 heterocycles. The third kappa shape index (κ3) is 2.75. The van der Waals surface area contributed by atoms with Gasteiger partial charge >= 0.3 is 0 Å². The summed E-state index contributed by atoms with van der Waals surface area (Å²) in [5.41, 5.74) is 2.50. The van der Waals surface area contributed by atoms with E-state index in [0.29, 0.717) is 6.42 Å². The Morgan fingerprint density at radius 2 is 2.15 bits per heavy atom. The maximum atomic E-state index is 8.48. The van der Waals surface area contributed by atoms with Crippen LogP contribution in [0.5, 0.6) is 0 Å². The fraction of sp³-hybridized carbons (Fsp3) is 0.364. The first kappa shape index (κ1) is 10.1. The van der Waals surface area contributed by atoms with E-state index in [1.165, 1.54) is 11.1 Å². The Kier molecular flexibility index (Phi) is 3.79. The zero-order chi connectivity index (χ0) is 9.68. The summed E-state index contributed by atoms with van der Waals surface area (Å²) in [6, 6.07) is 8.04. The predicted octanol–water partition coefficient (Wildman–Crippen LogP) is 3.36. The number of nitriles is 1. The summed E-state index contributed by atoms with van der Waals surface area (Å²) in [5.74, 6) is 0. The minimum absolute atomic E-state index is 0.563. The van der Waals surface area contributed by atoms with Crippen LogP contribution in [0.15, 0.2) is 18.2 Å². The van der Waals surface area contributed by atoms with Crippen LogP contribution in [0.1, 0.15) is 24.5 Å². The van der Waals surface area contributed by atoms with E-state index in [0.717, 1.165) is 17.9 Å². The Bertz CT molecular complexity index is 325. The number of halogens is 1. The first-order valence-corrected chi connectivity index (χ1v) is 4.80. The van der Waals surface area contributed by atoms with Gasteiger partial charge in [-0.3, -0.25) is 0 Å². The lowest BCUT2D eigenvalue weighted by molar-refractivity contribution is 0.968. The molecule has 0 bridgehead atoms. The van der Waals surface area contributed by atoms with Gasteiger partial charge in [-0.2, -0.15) is 5.26 Å². The summed E-state index contributed by atoms with van der Waals surface area (Å²) in [6.45, 7) is 2.11. The van der Waals surface area contributed by atoms with E-state index in [4.69, 9.17) is 16.9 Å². The normalized spacial score (nSPS) is 9.62. The molecule has 1 aromatic rings. The maximum Gasteiger partial charge on any atom is 0.0625 e. The zero-order valence-corrected chi connectivity index (χ0v) is 8.43. The molecule has 0 unspecified atom stereocenters. The summed E-state index contributed by atoms with van der Waals surface area (Å²) in [7, 11) is 0. The molecule has 0 N–H and O–H groups in total. The van der Waals surface area contributed by atoms with E-state index >= 15 is 0 Å². The van der Waals surface area contributed by atoms with Crippen molar-refractivity contribution in [2.75, 3.05) is 0 Å². The highest BCUT2D eigenvalue weighted by molar-refractivity contribution is 6.30. The highest BCUT2D eigenvalue weighted by Gasteiger charge is 2.00. The molecule has 0 aliphatic carbocycles. The number of benzene rings is 1. The third-order valence-corrected chi connectivity index (χ3v) is 2.29. The van der Waals surface area contributed by atoms with Crippen molar-refractivity contribution in [1.29, 1.82) is 5.26 Å². The van der Waals surface area contributed by atoms with Crippen molar-refractivity contribution in [1.82, 2.24) is 0 Å². The quantitative estimate of drug-likeness (QED) is 0.722. The second-order valence-electron chi connectivity index (χ2n) is 2.92. The zero-order valence-electron chi connectivity index (χ0n) is 7.68. The highest BCUT2D eigenvalue weighted by atomic mass is 35.5. The van der Waals surface area contributed by atoms with E-state index in [9.17, 15) is 0 Å². The van der Waals surface area contributed by atoms with Gasteiger partial charge in [-0.05, 0) is 36.1 Å². The van der Waals surface area contributed by atoms with Crippen LogP contribution in [0.4, 0.5) is 0 Å². The van der Waals surface area contributed by atoms with Crippen molar-refractivity contribution in [3.8, 4) is 6.07 Å². The first-order chi connectivity index (χ1) is 6.27. The van der Waals surface area contributed by atoms with Crippen LogP contribution in [0, 0.1) is 11.3 Å². The van der Waals surface area contributed by atoms with Crippen molar-refractivity contribution in [3.05, 3.63) is 34.3 Å². The molecule has 2 heteroatoms. The molecule has 0 saturated heterocycles.